The van der Waals surface area contributed by atoms with E-state index in [1.807, 2.05) is 18.2 Å². The molecule has 0 amide bonds. The SMILES string of the molecule is Cc1nc(-c2ccc(N=S(C)(=O)c3ccccc3)cn2)no1. The topological polar surface area (TPSA) is 81.2 Å². The van der Waals surface area contributed by atoms with E-state index in [2.05, 4.69) is 19.5 Å². The van der Waals surface area contributed by atoms with Gasteiger partial charge in [0.15, 0.2) is 0 Å². The van der Waals surface area contributed by atoms with Gasteiger partial charge in [-0.15, -0.1) is 0 Å². The molecule has 0 fully saturated rings. The van der Waals surface area contributed by atoms with E-state index in [1.165, 1.54) is 0 Å². The van der Waals surface area contributed by atoms with E-state index >= 15 is 0 Å². The number of pyridine rings is 1. The Hall–Kier alpha value is -2.54. The normalized spacial score (nSPS) is 13.5. The molecule has 0 aliphatic heterocycles. The van der Waals surface area contributed by atoms with Crippen LogP contribution in [0.5, 0.6) is 0 Å². The van der Waals surface area contributed by atoms with Crippen molar-refractivity contribution in [3.8, 4) is 11.5 Å². The highest BCUT2D eigenvalue weighted by molar-refractivity contribution is 7.93. The number of rotatable bonds is 3. The fourth-order valence-corrected chi connectivity index (χ4v) is 3.18. The van der Waals surface area contributed by atoms with E-state index < -0.39 is 9.73 Å². The minimum absolute atomic E-state index is 0.421. The van der Waals surface area contributed by atoms with Crippen LogP contribution in [0.1, 0.15) is 5.89 Å². The van der Waals surface area contributed by atoms with Gasteiger partial charge in [-0.1, -0.05) is 23.4 Å². The van der Waals surface area contributed by atoms with Crippen LogP contribution in [0.4, 0.5) is 5.69 Å². The molecule has 1 unspecified atom stereocenters. The summed E-state index contributed by atoms with van der Waals surface area (Å²) in [5.41, 5.74) is 1.12. The maximum atomic E-state index is 12.7. The zero-order valence-electron chi connectivity index (χ0n) is 12.1. The largest absolute Gasteiger partial charge is 0.339 e. The summed E-state index contributed by atoms with van der Waals surface area (Å²) in [5.74, 6) is 0.899. The first-order valence-electron chi connectivity index (χ1n) is 6.58. The monoisotopic (exact) mass is 314 g/mol. The smallest absolute Gasteiger partial charge is 0.223 e. The van der Waals surface area contributed by atoms with Gasteiger partial charge in [-0.2, -0.15) is 9.35 Å². The molecule has 0 N–H and O–H groups in total. The molecule has 0 bridgehead atoms. The fraction of sp³-hybridized carbons (Fsp3) is 0.133. The van der Waals surface area contributed by atoms with E-state index in [-0.39, 0.29) is 0 Å². The first-order valence-corrected chi connectivity index (χ1v) is 8.51. The van der Waals surface area contributed by atoms with E-state index in [4.69, 9.17) is 4.52 Å². The molecular formula is C15H14N4O2S. The number of nitrogens with zero attached hydrogens (tertiary/aromatic N) is 4. The Bertz CT molecular complexity index is 895. The van der Waals surface area contributed by atoms with Crippen molar-refractivity contribution >= 4 is 15.4 Å². The van der Waals surface area contributed by atoms with Gasteiger partial charge in [0, 0.05) is 18.1 Å². The van der Waals surface area contributed by atoms with E-state index in [9.17, 15) is 4.21 Å². The van der Waals surface area contributed by atoms with Crippen LogP contribution in [0.3, 0.4) is 0 Å². The molecule has 3 aromatic rings. The molecule has 1 aromatic carbocycles. The van der Waals surface area contributed by atoms with Crippen molar-refractivity contribution in [3.05, 3.63) is 54.6 Å². The van der Waals surface area contributed by atoms with Crippen molar-refractivity contribution in [1.29, 1.82) is 0 Å². The lowest BCUT2D eigenvalue weighted by Crippen LogP contribution is -1.96. The third-order valence-corrected chi connectivity index (χ3v) is 4.67. The summed E-state index contributed by atoms with van der Waals surface area (Å²) in [6, 6.07) is 12.6. The lowest BCUT2D eigenvalue weighted by molar-refractivity contribution is 0.394. The molecule has 0 radical (unpaired) electrons. The van der Waals surface area contributed by atoms with Crippen LogP contribution in [0.25, 0.3) is 11.5 Å². The second-order valence-electron chi connectivity index (χ2n) is 4.75. The van der Waals surface area contributed by atoms with Crippen molar-refractivity contribution < 1.29 is 8.73 Å². The molecule has 0 saturated carbocycles. The number of aromatic nitrogens is 3. The van der Waals surface area contributed by atoms with Gasteiger partial charge in [-0.3, -0.25) is 4.98 Å². The first-order chi connectivity index (χ1) is 10.5. The lowest BCUT2D eigenvalue weighted by atomic mass is 10.3. The molecule has 0 spiro atoms. The minimum atomic E-state index is -2.50. The Morgan fingerprint density at radius 1 is 1.14 bits per heavy atom. The molecule has 7 heteroatoms. The summed E-state index contributed by atoms with van der Waals surface area (Å²) < 4.78 is 21.9. The van der Waals surface area contributed by atoms with Crippen LogP contribution < -0.4 is 0 Å². The third-order valence-electron chi connectivity index (χ3n) is 2.96. The molecule has 0 aliphatic rings. The summed E-state index contributed by atoms with van der Waals surface area (Å²) in [5, 5.41) is 3.80. The number of aryl methyl sites for hydroxylation is 1. The predicted octanol–water partition coefficient (Wildman–Crippen LogP) is 3.23. The van der Waals surface area contributed by atoms with Gasteiger partial charge in [0.05, 0.1) is 21.6 Å². The summed E-state index contributed by atoms with van der Waals surface area (Å²) in [4.78, 5) is 9.03. The average molecular weight is 314 g/mol. The van der Waals surface area contributed by atoms with Gasteiger partial charge in [-0.25, -0.2) is 4.21 Å². The average Bonchev–Trinajstić information content (AvgIpc) is 2.95. The van der Waals surface area contributed by atoms with E-state index in [1.54, 1.807) is 43.6 Å². The molecule has 2 heterocycles. The Morgan fingerprint density at radius 3 is 2.50 bits per heavy atom. The van der Waals surface area contributed by atoms with Gasteiger partial charge in [0.1, 0.15) is 5.69 Å². The predicted molar refractivity (Wildman–Crippen MR) is 83.1 cm³/mol. The Balaban J connectivity index is 1.93. The van der Waals surface area contributed by atoms with Crippen LogP contribution in [0, 0.1) is 6.92 Å². The molecule has 6 nitrogen and oxygen atoms in total. The number of hydrogen-bond donors (Lipinski definition) is 0. The van der Waals surface area contributed by atoms with Gasteiger partial charge in [0.2, 0.25) is 11.7 Å². The second kappa shape index (κ2) is 5.69. The molecule has 2 aromatic heterocycles. The standard InChI is InChI=1S/C15H14N4O2S/c1-11-17-15(18-21-11)14-9-8-12(10-16-14)19-22(2,20)13-6-4-3-5-7-13/h3-10H,1-2H3. The summed E-state index contributed by atoms with van der Waals surface area (Å²) in [6.45, 7) is 1.71. The highest BCUT2D eigenvalue weighted by Gasteiger charge is 2.08. The maximum absolute atomic E-state index is 12.7. The molecule has 22 heavy (non-hydrogen) atoms. The van der Waals surface area contributed by atoms with Crippen molar-refractivity contribution in [3.63, 3.8) is 0 Å². The van der Waals surface area contributed by atoms with Crippen LogP contribution in [-0.2, 0) is 9.73 Å². The molecule has 0 saturated heterocycles. The van der Waals surface area contributed by atoms with Crippen LogP contribution in [0.2, 0.25) is 0 Å². The zero-order valence-corrected chi connectivity index (χ0v) is 12.9. The van der Waals surface area contributed by atoms with Crippen molar-refractivity contribution in [1.82, 2.24) is 15.1 Å². The van der Waals surface area contributed by atoms with Crippen LogP contribution >= 0.6 is 0 Å². The van der Waals surface area contributed by atoms with Gasteiger partial charge >= 0.3 is 0 Å². The molecule has 3 rings (SSSR count). The fourth-order valence-electron chi connectivity index (χ4n) is 1.90. The third kappa shape index (κ3) is 3.04. The molecular weight excluding hydrogens is 300 g/mol. The van der Waals surface area contributed by atoms with Gasteiger partial charge in [0.25, 0.3) is 0 Å². The lowest BCUT2D eigenvalue weighted by Gasteiger charge is -2.04. The van der Waals surface area contributed by atoms with Crippen molar-refractivity contribution in [2.45, 2.75) is 11.8 Å². The summed E-state index contributed by atoms with van der Waals surface area (Å²) >= 11 is 0. The maximum Gasteiger partial charge on any atom is 0.223 e. The second-order valence-corrected chi connectivity index (χ2v) is 7.00. The van der Waals surface area contributed by atoms with Crippen LogP contribution in [-0.4, -0.2) is 25.6 Å². The highest BCUT2D eigenvalue weighted by Crippen LogP contribution is 2.21. The molecule has 1 atom stereocenters. The zero-order chi connectivity index (χ0) is 15.6. The van der Waals surface area contributed by atoms with Gasteiger partial charge in [-0.05, 0) is 24.3 Å². The number of benzene rings is 1. The Kier molecular flexibility index (Phi) is 3.72. The van der Waals surface area contributed by atoms with E-state index in [0.717, 1.165) is 0 Å². The molecule has 112 valence electrons. The van der Waals surface area contributed by atoms with Crippen LogP contribution in [0.15, 0.2) is 62.4 Å². The Morgan fingerprint density at radius 2 is 1.91 bits per heavy atom. The minimum Gasteiger partial charge on any atom is -0.339 e. The first kappa shape index (κ1) is 14.4. The van der Waals surface area contributed by atoms with Gasteiger partial charge < -0.3 is 4.52 Å². The summed E-state index contributed by atoms with van der Waals surface area (Å²) in [6.07, 6.45) is 3.16. The quantitative estimate of drug-likeness (QED) is 0.741. The number of hydrogen-bond acceptors (Lipinski definition) is 6. The van der Waals surface area contributed by atoms with Crippen molar-refractivity contribution in [2.75, 3.05) is 6.26 Å². The summed E-state index contributed by atoms with van der Waals surface area (Å²) in [7, 11) is -2.50. The Labute approximate surface area is 128 Å². The molecule has 0 aliphatic carbocycles. The van der Waals surface area contributed by atoms with Crippen molar-refractivity contribution in [2.24, 2.45) is 4.36 Å². The van der Waals surface area contributed by atoms with E-state index in [0.29, 0.717) is 28.0 Å². The highest BCUT2D eigenvalue weighted by atomic mass is 32.2.